The lowest BCUT2D eigenvalue weighted by molar-refractivity contribution is -0.0702. The first-order valence-electron chi connectivity index (χ1n) is 8.06. The van der Waals surface area contributed by atoms with Gasteiger partial charge in [-0.25, -0.2) is 0 Å². The highest BCUT2D eigenvalue weighted by Crippen LogP contribution is 2.61. The fourth-order valence-corrected chi connectivity index (χ4v) is 5.47. The maximum atomic E-state index is 3.82. The molecule has 4 aliphatic rings. The summed E-state index contributed by atoms with van der Waals surface area (Å²) in [5.74, 6) is 3.24. The molecule has 1 atom stereocenters. The van der Waals surface area contributed by atoms with Gasteiger partial charge in [0.05, 0.1) is 0 Å². The average molecular weight is 247 g/mol. The highest BCUT2D eigenvalue weighted by atomic mass is 14.9. The Labute approximate surface area is 112 Å². The van der Waals surface area contributed by atoms with Crippen LogP contribution in [0.1, 0.15) is 58.8 Å². The predicted octanol–water partition coefficient (Wildman–Crippen LogP) is 4.15. The van der Waals surface area contributed by atoms with Crippen molar-refractivity contribution in [2.75, 3.05) is 6.54 Å². The molecule has 18 heavy (non-hydrogen) atoms. The fraction of sp³-hybridized carbons (Fsp3) is 0.882. The SMILES string of the molecule is C/C=C/CCNC(C)C12CC3CC(CC(C3)C1)C2. The van der Waals surface area contributed by atoms with Gasteiger partial charge >= 0.3 is 0 Å². The van der Waals surface area contributed by atoms with Gasteiger partial charge in [0.2, 0.25) is 0 Å². The third kappa shape index (κ3) is 2.27. The summed E-state index contributed by atoms with van der Waals surface area (Å²) in [6.45, 7) is 5.73. The van der Waals surface area contributed by atoms with Crippen LogP contribution in [0.25, 0.3) is 0 Å². The second-order valence-electron chi connectivity index (χ2n) is 7.31. The molecule has 0 heterocycles. The summed E-state index contributed by atoms with van der Waals surface area (Å²) in [6.07, 6.45) is 14.9. The third-order valence-electron chi connectivity index (χ3n) is 6.00. The van der Waals surface area contributed by atoms with Crippen molar-refractivity contribution < 1.29 is 0 Å². The lowest BCUT2D eigenvalue weighted by Gasteiger charge is -2.59. The van der Waals surface area contributed by atoms with Crippen LogP contribution in [-0.2, 0) is 0 Å². The van der Waals surface area contributed by atoms with Crippen molar-refractivity contribution in [1.82, 2.24) is 5.32 Å². The summed E-state index contributed by atoms with van der Waals surface area (Å²) < 4.78 is 0. The lowest BCUT2D eigenvalue weighted by atomic mass is 9.48. The van der Waals surface area contributed by atoms with Crippen molar-refractivity contribution in [3.8, 4) is 0 Å². The number of hydrogen-bond donors (Lipinski definition) is 1. The van der Waals surface area contributed by atoms with Gasteiger partial charge < -0.3 is 5.32 Å². The Morgan fingerprint density at radius 2 is 1.67 bits per heavy atom. The lowest BCUT2D eigenvalue weighted by Crippen LogP contribution is -2.54. The van der Waals surface area contributed by atoms with Gasteiger partial charge in [-0.15, -0.1) is 0 Å². The predicted molar refractivity (Wildman–Crippen MR) is 77.5 cm³/mol. The van der Waals surface area contributed by atoms with Crippen LogP contribution >= 0.6 is 0 Å². The molecule has 4 rings (SSSR count). The van der Waals surface area contributed by atoms with Crippen molar-refractivity contribution in [1.29, 1.82) is 0 Å². The molecule has 0 amide bonds. The molecule has 1 heteroatoms. The Hall–Kier alpha value is -0.300. The molecular formula is C17H29N. The minimum Gasteiger partial charge on any atom is -0.313 e. The van der Waals surface area contributed by atoms with Crippen LogP contribution in [0.4, 0.5) is 0 Å². The van der Waals surface area contributed by atoms with E-state index in [0.29, 0.717) is 5.41 Å². The molecule has 0 radical (unpaired) electrons. The first-order valence-corrected chi connectivity index (χ1v) is 8.06. The van der Waals surface area contributed by atoms with Crippen LogP contribution in [0.5, 0.6) is 0 Å². The molecule has 0 aromatic carbocycles. The summed E-state index contributed by atoms with van der Waals surface area (Å²) in [5.41, 5.74) is 0.671. The van der Waals surface area contributed by atoms with Crippen LogP contribution in [-0.4, -0.2) is 12.6 Å². The normalized spacial score (nSPS) is 43.8. The Morgan fingerprint density at radius 1 is 1.11 bits per heavy atom. The van der Waals surface area contributed by atoms with E-state index in [1.807, 2.05) is 0 Å². The number of hydrogen-bond acceptors (Lipinski definition) is 1. The van der Waals surface area contributed by atoms with Crippen molar-refractivity contribution >= 4 is 0 Å². The minimum absolute atomic E-state index is 0.671. The number of rotatable bonds is 5. The highest BCUT2D eigenvalue weighted by Gasteiger charge is 2.52. The van der Waals surface area contributed by atoms with Gasteiger partial charge in [-0.1, -0.05) is 12.2 Å². The van der Waals surface area contributed by atoms with E-state index < -0.39 is 0 Å². The zero-order chi connectivity index (χ0) is 12.6. The van der Waals surface area contributed by atoms with Crippen LogP contribution in [0.3, 0.4) is 0 Å². The van der Waals surface area contributed by atoms with Gasteiger partial charge in [-0.3, -0.25) is 0 Å². The van der Waals surface area contributed by atoms with E-state index in [1.165, 1.54) is 25.7 Å². The molecule has 0 saturated heterocycles. The molecule has 4 aliphatic carbocycles. The summed E-state index contributed by atoms with van der Waals surface area (Å²) in [7, 11) is 0. The fourth-order valence-electron chi connectivity index (χ4n) is 5.47. The van der Waals surface area contributed by atoms with Gasteiger partial charge in [-0.2, -0.15) is 0 Å². The van der Waals surface area contributed by atoms with Crippen LogP contribution < -0.4 is 5.32 Å². The molecule has 0 aliphatic heterocycles. The van der Waals surface area contributed by atoms with Crippen LogP contribution in [0.15, 0.2) is 12.2 Å². The second-order valence-corrected chi connectivity index (χ2v) is 7.31. The molecule has 0 aromatic heterocycles. The van der Waals surface area contributed by atoms with Crippen molar-refractivity contribution in [2.24, 2.45) is 23.2 Å². The van der Waals surface area contributed by atoms with Gasteiger partial charge in [0.1, 0.15) is 0 Å². The Bertz CT molecular complexity index is 282. The zero-order valence-corrected chi connectivity index (χ0v) is 12.1. The standard InChI is InChI=1S/C17H29N/c1-3-4-5-6-18-13(2)17-10-14-7-15(11-17)9-16(8-14)12-17/h3-4,13-16,18H,5-12H2,1-2H3/b4-3+. The zero-order valence-electron chi connectivity index (χ0n) is 12.1. The van der Waals surface area contributed by atoms with E-state index in [9.17, 15) is 0 Å². The first-order chi connectivity index (χ1) is 8.72. The van der Waals surface area contributed by atoms with E-state index in [-0.39, 0.29) is 0 Å². The Morgan fingerprint density at radius 3 is 2.17 bits per heavy atom. The molecule has 4 bridgehead atoms. The van der Waals surface area contributed by atoms with Crippen LogP contribution in [0.2, 0.25) is 0 Å². The maximum Gasteiger partial charge on any atom is 0.00956 e. The van der Waals surface area contributed by atoms with Gasteiger partial charge in [0.15, 0.2) is 0 Å². The van der Waals surface area contributed by atoms with Crippen molar-refractivity contribution in [3.05, 3.63) is 12.2 Å². The van der Waals surface area contributed by atoms with Gasteiger partial charge in [0, 0.05) is 6.04 Å². The largest absolute Gasteiger partial charge is 0.313 e. The van der Waals surface area contributed by atoms with E-state index >= 15 is 0 Å². The van der Waals surface area contributed by atoms with Crippen molar-refractivity contribution in [2.45, 2.75) is 64.8 Å². The van der Waals surface area contributed by atoms with Gasteiger partial charge in [-0.05, 0) is 88.5 Å². The first kappa shape index (κ1) is 12.7. The van der Waals surface area contributed by atoms with E-state index in [4.69, 9.17) is 0 Å². The second kappa shape index (κ2) is 5.00. The van der Waals surface area contributed by atoms with E-state index in [0.717, 1.165) is 30.3 Å². The molecular weight excluding hydrogens is 218 g/mol. The van der Waals surface area contributed by atoms with Crippen molar-refractivity contribution in [3.63, 3.8) is 0 Å². The Balaban J connectivity index is 1.60. The smallest absolute Gasteiger partial charge is 0.00956 e. The number of nitrogens with one attached hydrogen (secondary N) is 1. The number of allylic oxidation sites excluding steroid dienone is 1. The molecule has 1 unspecified atom stereocenters. The quantitative estimate of drug-likeness (QED) is 0.568. The average Bonchev–Trinajstić information content (AvgIpc) is 2.32. The Kier molecular flexibility index (Phi) is 3.53. The van der Waals surface area contributed by atoms with E-state index in [1.54, 1.807) is 19.3 Å². The highest BCUT2D eigenvalue weighted by molar-refractivity contribution is 5.05. The van der Waals surface area contributed by atoms with Gasteiger partial charge in [0.25, 0.3) is 0 Å². The molecule has 1 nitrogen and oxygen atoms in total. The summed E-state index contributed by atoms with van der Waals surface area (Å²) >= 11 is 0. The minimum atomic E-state index is 0.671. The molecule has 102 valence electrons. The summed E-state index contributed by atoms with van der Waals surface area (Å²) in [4.78, 5) is 0. The van der Waals surface area contributed by atoms with Crippen LogP contribution in [0, 0.1) is 23.2 Å². The topological polar surface area (TPSA) is 12.0 Å². The molecule has 1 N–H and O–H groups in total. The molecule has 4 fully saturated rings. The summed E-state index contributed by atoms with van der Waals surface area (Å²) in [5, 5.41) is 3.82. The molecule has 0 aromatic rings. The molecule has 4 saturated carbocycles. The van der Waals surface area contributed by atoms with E-state index in [2.05, 4.69) is 31.3 Å². The molecule has 0 spiro atoms. The summed E-state index contributed by atoms with van der Waals surface area (Å²) in [6, 6.07) is 0.733. The third-order valence-corrected chi connectivity index (χ3v) is 6.00. The monoisotopic (exact) mass is 247 g/mol. The maximum absolute atomic E-state index is 3.82.